The summed E-state index contributed by atoms with van der Waals surface area (Å²) in [5.74, 6) is -0.427. The largest absolute Gasteiger partial charge is 0.462 e. The minimum absolute atomic E-state index is 0.0584. The zero-order valence-electron chi connectivity index (χ0n) is 13.3. The van der Waals surface area contributed by atoms with Crippen molar-refractivity contribution >= 4 is 28.2 Å². The number of nitrogens with zero attached hydrogens (tertiary/aromatic N) is 1. The van der Waals surface area contributed by atoms with Crippen LogP contribution in [0.5, 0.6) is 0 Å². The number of rotatable bonds is 6. The first-order chi connectivity index (χ1) is 10.6. The second kappa shape index (κ2) is 8.29. The molecule has 1 N–H and O–H groups in total. The molecule has 2 heterocycles. The predicted octanol–water partition coefficient (Wildman–Crippen LogP) is 2.91. The molecule has 0 aromatic carbocycles. The summed E-state index contributed by atoms with van der Waals surface area (Å²) in [6.07, 6.45) is 4.38. The Morgan fingerprint density at radius 1 is 1.27 bits per heavy atom. The van der Waals surface area contributed by atoms with Gasteiger partial charge in [0.1, 0.15) is 5.00 Å². The quantitative estimate of drug-likeness (QED) is 0.818. The van der Waals surface area contributed by atoms with Gasteiger partial charge in [0.15, 0.2) is 0 Å². The van der Waals surface area contributed by atoms with Crippen LogP contribution in [0.2, 0.25) is 0 Å². The number of carbonyl (C=O) groups excluding carboxylic acids is 2. The molecule has 1 aromatic rings. The molecule has 1 aromatic heterocycles. The third-order valence-electron chi connectivity index (χ3n) is 3.70. The van der Waals surface area contributed by atoms with Crippen LogP contribution in [0.15, 0.2) is 6.07 Å². The Kier molecular flexibility index (Phi) is 6.39. The Hall–Kier alpha value is -1.40. The topological polar surface area (TPSA) is 58.6 Å². The van der Waals surface area contributed by atoms with Crippen LogP contribution in [0.1, 0.15) is 48.3 Å². The number of thiophene rings is 1. The van der Waals surface area contributed by atoms with E-state index in [0.29, 0.717) is 23.7 Å². The van der Waals surface area contributed by atoms with Crippen molar-refractivity contribution in [3.05, 3.63) is 16.5 Å². The van der Waals surface area contributed by atoms with Gasteiger partial charge in [-0.25, -0.2) is 4.79 Å². The number of hydrogen-bond acceptors (Lipinski definition) is 5. The molecule has 0 atom stereocenters. The summed E-state index contributed by atoms with van der Waals surface area (Å²) in [7, 11) is 0. The molecule has 1 amide bonds. The number of hydrogen-bond donors (Lipinski definition) is 1. The normalized spacial score (nSPS) is 15.5. The third kappa shape index (κ3) is 4.55. The Labute approximate surface area is 135 Å². The standard InChI is InChI=1S/C16H24N2O3S/c1-3-12-10-13(16(20)21-4-2)15(22-12)17-14(19)11-18-8-6-5-7-9-18/h10H,3-9,11H2,1-2H3,(H,17,19). The number of esters is 1. The first kappa shape index (κ1) is 17.0. The van der Waals surface area contributed by atoms with Gasteiger partial charge in [0.2, 0.25) is 5.91 Å². The molecule has 1 fully saturated rings. The van der Waals surface area contributed by atoms with E-state index >= 15 is 0 Å². The van der Waals surface area contributed by atoms with Gasteiger partial charge in [-0.2, -0.15) is 0 Å². The molecule has 0 saturated carbocycles. The van der Waals surface area contributed by atoms with Gasteiger partial charge in [-0.3, -0.25) is 9.69 Å². The maximum absolute atomic E-state index is 12.2. The van der Waals surface area contributed by atoms with Crippen molar-refractivity contribution < 1.29 is 14.3 Å². The van der Waals surface area contributed by atoms with E-state index in [-0.39, 0.29) is 11.9 Å². The van der Waals surface area contributed by atoms with E-state index < -0.39 is 0 Å². The molecular formula is C16H24N2O3S. The summed E-state index contributed by atoms with van der Waals surface area (Å²) in [6, 6.07) is 1.82. The number of nitrogens with one attached hydrogen (secondary N) is 1. The molecule has 1 saturated heterocycles. The number of ether oxygens (including phenoxy) is 1. The molecule has 22 heavy (non-hydrogen) atoms. The second-order valence-electron chi connectivity index (χ2n) is 5.41. The van der Waals surface area contributed by atoms with Gasteiger partial charge in [0, 0.05) is 4.88 Å². The summed E-state index contributed by atoms with van der Waals surface area (Å²) in [4.78, 5) is 27.4. The number of likely N-dealkylation sites (tertiary alicyclic amines) is 1. The maximum atomic E-state index is 12.2. The molecule has 6 heteroatoms. The minimum Gasteiger partial charge on any atom is -0.462 e. The van der Waals surface area contributed by atoms with Crippen molar-refractivity contribution in [1.82, 2.24) is 4.90 Å². The molecule has 0 aliphatic carbocycles. The van der Waals surface area contributed by atoms with E-state index in [1.807, 2.05) is 13.0 Å². The fraction of sp³-hybridized carbons (Fsp3) is 0.625. The zero-order valence-corrected chi connectivity index (χ0v) is 14.1. The summed E-state index contributed by atoms with van der Waals surface area (Å²) >= 11 is 1.45. The average Bonchev–Trinajstić information content (AvgIpc) is 2.91. The lowest BCUT2D eigenvalue weighted by Gasteiger charge is -2.25. The van der Waals surface area contributed by atoms with Gasteiger partial charge < -0.3 is 10.1 Å². The van der Waals surface area contributed by atoms with E-state index in [9.17, 15) is 9.59 Å². The Morgan fingerprint density at radius 3 is 2.64 bits per heavy atom. The number of carbonyl (C=O) groups is 2. The fourth-order valence-corrected chi connectivity index (χ4v) is 3.56. The SMILES string of the molecule is CCOC(=O)c1cc(CC)sc1NC(=O)CN1CCCCC1. The maximum Gasteiger partial charge on any atom is 0.341 e. The second-order valence-corrected chi connectivity index (χ2v) is 6.55. The molecule has 0 bridgehead atoms. The predicted molar refractivity (Wildman–Crippen MR) is 88.6 cm³/mol. The fourth-order valence-electron chi connectivity index (χ4n) is 2.56. The Bertz CT molecular complexity index is 521. The monoisotopic (exact) mass is 324 g/mol. The molecule has 0 spiro atoms. The zero-order chi connectivity index (χ0) is 15.9. The van der Waals surface area contributed by atoms with Crippen molar-refractivity contribution in [2.24, 2.45) is 0 Å². The van der Waals surface area contributed by atoms with Crippen LogP contribution in [0.4, 0.5) is 5.00 Å². The van der Waals surface area contributed by atoms with Crippen LogP contribution in [-0.2, 0) is 16.0 Å². The van der Waals surface area contributed by atoms with Gasteiger partial charge in [-0.05, 0) is 45.3 Å². The molecule has 2 rings (SSSR count). The first-order valence-electron chi connectivity index (χ1n) is 7.96. The smallest absolute Gasteiger partial charge is 0.341 e. The van der Waals surface area contributed by atoms with E-state index in [1.54, 1.807) is 6.92 Å². The number of piperidine rings is 1. The number of anilines is 1. The van der Waals surface area contributed by atoms with E-state index in [1.165, 1.54) is 17.8 Å². The lowest BCUT2D eigenvalue weighted by Crippen LogP contribution is -2.36. The minimum atomic E-state index is -0.369. The van der Waals surface area contributed by atoms with Crippen molar-refractivity contribution in [2.75, 3.05) is 31.6 Å². The van der Waals surface area contributed by atoms with Crippen molar-refractivity contribution in [1.29, 1.82) is 0 Å². The van der Waals surface area contributed by atoms with E-state index in [4.69, 9.17) is 4.74 Å². The van der Waals surface area contributed by atoms with Crippen LogP contribution >= 0.6 is 11.3 Å². The van der Waals surface area contributed by atoms with Gasteiger partial charge >= 0.3 is 5.97 Å². The highest BCUT2D eigenvalue weighted by atomic mass is 32.1. The van der Waals surface area contributed by atoms with E-state index in [2.05, 4.69) is 10.2 Å². The lowest BCUT2D eigenvalue weighted by atomic mass is 10.1. The third-order valence-corrected chi connectivity index (χ3v) is 4.89. The summed E-state index contributed by atoms with van der Waals surface area (Å²) in [5, 5.41) is 3.50. The Balaban J connectivity index is 2.02. The van der Waals surface area contributed by atoms with Crippen LogP contribution in [0.25, 0.3) is 0 Å². The summed E-state index contributed by atoms with van der Waals surface area (Å²) in [5.41, 5.74) is 0.468. The highest BCUT2D eigenvalue weighted by Crippen LogP contribution is 2.29. The highest BCUT2D eigenvalue weighted by Gasteiger charge is 2.20. The summed E-state index contributed by atoms with van der Waals surface area (Å²) < 4.78 is 5.06. The lowest BCUT2D eigenvalue weighted by molar-refractivity contribution is -0.117. The van der Waals surface area contributed by atoms with Gasteiger partial charge in [-0.1, -0.05) is 13.3 Å². The Morgan fingerprint density at radius 2 is 2.00 bits per heavy atom. The van der Waals surface area contributed by atoms with Crippen LogP contribution in [0.3, 0.4) is 0 Å². The van der Waals surface area contributed by atoms with Crippen molar-refractivity contribution in [2.45, 2.75) is 39.5 Å². The van der Waals surface area contributed by atoms with Crippen molar-refractivity contribution in [3.63, 3.8) is 0 Å². The molecular weight excluding hydrogens is 300 g/mol. The molecule has 0 unspecified atom stereocenters. The highest BCUT2D eigenvalue weighted by molar-refractivity contribution is 7.16. The van der Waals surface area contributed by atoms with Crippen molar-refractivity contribution in [3.8, 4) is 0 Å². The van der Waals surface area contributed by atoms with Crippen LogP contribution in [-0.4, -0.2) is 43.0 Å². The molecule has 1 aliphatic heterocycles. The first-order valence-corrected chi connectivity index (χ1v) is 8.77. The summed E-state index contributed by atoms with van der Waals surface area (Å²) in [6.45, 7) is 6.48. The van der Waals surface area contributed by atoms with Crippen LogP contribution < -0.4 is 5.32 Å². The number of amides is 1. The van der Waals surface area contributed by atoms with Gasteiger partial charge in [0.25, 0.3) is 0 Å². The molecule has 5 nitrogen and oxygen atoms in total. The molecule has 122 valence electrons. The molecule has 0 radical (unpaired) electrons. The molecule has 1 aliphatic rings. The van der Waals surface area contributed by atoms with Gasteiger partial charge in [-0.15, -0.1) is 11.3 Å². The number of aryl methyl sites for hydroxylation is 1. The van der Waals surface area contributed by atoms with Crippen LogP contribution in [0, 0.1) is 0 Å². The average molecular weight is 324 g/mol. The van der Waals surface area contributed by atoms with E-state index in [0.717, 1.165) is 37.2 Å². The van der Waals surface area contributed by atoms with Gasteiger partial charge in [0.05, 0.1) is 18.7 Å².